The molecule has 1 rings (SSSR count). The molecule has 2 nitrogen and oxygen atoms in total. The molecule has 0 spiro atoms. The van der Waals surface area contributed by atoms with Crippen LogP contribution in [-0.4, -0.2) is 5.78 Å². The van der Waals surface area contributed by atoms with Gasteiger partial charge in [0, 0.05) is 11.3 Å². The van der Waals surface area contributed by atoms with Gasteiger partial charge in [0.1, 0.15) is 5.82 Å². The minimum absolute atomic E-state index is 0.120. The second-order valence-corrected chi connectivity index (χ2v) is 2.80. The second kappa shape index (κ2) is 3.11. The monoisotopic (exact) mass is 187 g/mol. The van der Waals surface area contributed by atoms with Gasteiger partial charge in [0.25, 0.3) is 0 Å². The van der Waals surface area contributed by atoms with Crippen LogP contribution in [-0.2, 0) is 0 Å². The maximum absolute atomic E-state index is 12.8. The number of nitrogens with two attached hydrogens (primary N) is 1. The van der Waals surface area contributed by atoms with Crippen molar-refractivity contribution in [2.75, 3.05) is 5.73 Å². The molecule has 0 saturated carbocycles. The molecule has 0 aliphatic rings. The molecule has 64 valence electrons. The lowest BCUT2D eigenvalue weighted by molar-refractivity contribution is 0.101. The van der Waals surface area contributed by atoms with Gasteiger partial charge in [-0.3, -0.25) is 4.79 Å². The van der Waals surface area contributed by atoms with E-state index in [1.807, 2.05) is 0 Å². The van der Waals surface area contributed by atoms with Crippen molar-refractivity contribution in [1.29, 1.82) is 0 Å². The van der Waals surface area contributed by atoms with Gasteiger partial charge in [-0.25, -0.2) is 4.39 Å². The first-order valence-electron chi connectivity index (χ1n) is 3.28. The van der Waals surface area contributed by atoms with E-state index in [9.17, 15) is 9.18 Å². The SMILES string of the molecule is CC(=O)c1cc(N)cc(F)c1Cl. The summed E-state index contributed by atoms with van der Waals surface area (Å²) >= 11 is 5.51. The van der Waals surface area contributed by atoms with Crippen LogP contribution in [0.1, 0.15) is 17.3 Å². The predicted octanol–water partition coefficient (Wildman–Crippen LogP) is 2.26. The number of ketones is 1. The molecule has 0 aromatic heterocycles. The number of carbonyl (C=O) groups excluding carboxylic acids is 1. The standard InChI is InChI=1S/C8H7ClFNO/c1-4(12)6-2-5(11)3-7(10)8(6)9/h2-3H,11H2,1H3. The molecule has 0 heterocycles. The average Bonchev–Trinajstić information content (AvgIpc) is 1.96. The van der Waals surface area contributed by atoms with Crippen molar-refractivity contribution >= 4 is 23.1 Å². The van der Waals surface area contributed by atoms with E-state index in [0.29, 0.717) is 0 Å². The molecule has 0 aliphatic carbocycles. The summed E-state index contributed by atoms with van der Waals surface area (Å²) in [6.07, 6.45) is 0. The van der Waals surface area contributed by atoms with E-state index in [1.54, 1.807) is 0 Å². The van der Waals surface area contributed by atoms with Crippen LogP contribution in [0.5, 0.6) is 0 Å². The average molecular weight is 188 g/mol. The van der Waals surface area contributed by atoms with Gasteiger partial charge in [0.15, 0.2) is 5.78 Å². The maximum Gasteiger partial charge on any atom is 0.161 e. The summed E-state index contributed by atoms with van der Waals surface area (Å²) in [6, 6.07) is 2.43. The van der Waals surface area contributed by atoms with E-state index in [2.05, 4.69) is 0 Å². The molecule has 0 bridgehead atoms. The van der Waals surface area contributed by atoms with Crippen molar-refractivity contribution in [2.45, 2.75) is 6.92 Å². The van der Waals surface area contributed by atoms with Gasteiger partial charge in [0.05, 0.1) is 5.02 Å². The van der Waals surface area contributed by atoms with Gasteiger partial charge in [-0.1, -0.05) is 11.6 Å². The Morgan fingerprint density at radius 3 is 2.67 bits per heavy atom. The molecule has 0 unspecified atom stereocenters. The van der Waals surface area contributed by atoms with Crippen LogP contribution in [0.3, 0.4) is 0 Å². The van der Waals surface area contributed by atoms with Crippen LogP contribution >= 0.6 is 11.6 Å². The summed E-state index contributed by atoms with van der Waals surface area (Å²) in [6.45, 7) is 1.31. The van der Waals surface area contributed by atoms with Crippen LogP contribution < -0.4 is 5.73 Å². The largest absolute Gasteiger partial charge is 0.399 e. The van der Waals surface area contributed by atoms with Gasteiger partial charge < -0.3 is 5.73 Å². The summed E-state index contributed by atoms with van der Waals surface area (Å²) in [5, 5.41) is -0.170. The molecule has 0 saturated heterocycles. The summed E-state index contributed by atoms with van der Waals surface area (Å²) in [5.41, 5.74) is 5.63. The number of hydrogen-bond acceptors (Lipinski definition) is 2. The number of Topliss-reactive ketones (excluding diaryl/α,β-unsaturated/α-hetero) is 1. The molecule has 0 amide bonds. The molecule has 0 fully saturated rings. The number of rotatable bonds is 1. The number of carbonyl (C=O) groups is 1. The van der Waals surface area contributed by atoms with E-state index in [4.69, 9.17) is 17.3 Å². The Kier molecular flexibility index (Phi) is 2.33. The fourth-order valence-electron chi connectivity index (χ4n) is 0.866. The molecular formula is C8H7ClFNO. The highest BCUT2D eigenvalue weighted by atomic mass is 35.5. The number of anilines is 1. The smallest absolute Gasteiger partial charge is 0.161 e. The predicted molar refractivity (Wildman–Crippen MR) is 45.8 cm³/mol. The molecule has 1 aromatic carbocycles. The van der Waals surface area contributed by atoms with Crippen molar-refractivity contribution < 1.29 is 9.18 Å². The maximum atomic E-state index is 12.8. The first kappa shape index (κ1) is 9.00. The van der Waals surface area contributed by atoms with Crippen LogP contribution in [0.4, 0.5) is 10.1 Å². The quantitative estimate of drug-likeness (QED) is 0.541. The molecule has 4 heteroatoms. The Morgan fingerprint density at radius 2 is 2.17 bits per heavy atom. The van der Waals surface area contributed by atoms with Crippen molar-refractivity contribution in [3.63, 3.8) is 0 Å². The number of halogens is 2. The Labute approximate surface area is 74.1 Å². The highest BCUT2D eigenvalue weighted by Gasteiger charge is 2.10. The molecule has 2 N–H and O–H groups in total. The summed E-state index contributed by atoms with van der Waals surface area (Å²) < 4.78 is 12.8. The topological polar surface area (TPSA) is 43.1 Å². The zero-order valence-electron chi connectivity index (χ0n) is 6.40. The highest BCUT2D eigenvalue weighted by molar-refractivity contribution is 6.34. The van der Waals surface area contributed by atoms with Crippen molar-refractivity contribution in [2.24, 2.45) is 0 Å². The summed E-state index contributed by atoms with van der Waals surface area (Å²) in [5.74, 6) is -0.965. The first-order valence-corrected chi connectivity index (χ1v) is 3.65. The van der Waals surface area contributed by atoms with Gasteiger partial charge in [-0.15, -0.1) is 0 Å². The van der Waals surface area contributed by atoms with Crippen LogP contribution in [0.15, 0.2) is 12.1 Å². The molecule has 0 atom stereocenters. The Bertz CT molecular complexity index is 338. The first-order chi connectivity index (χ1) is 5.52. The van der Waals surface area contributed by atoms with Crippen molar-refractivity contribution in [3.8, 4) is 0 Å². The van der Waals surface area contributed by atoms with Crippen LogP contribution in [0.25, 0.3) is 0 Å². The van der Waals surface area contributed by atoms with E-state index in [0.717, 1.165) is 6.07 Å². The third-order valence-electron chi connectivity index (χ3n) is 1.43. The fraction of sp³-hybridized carbons (Fsp3) is 0.125. The van der Waals surface area contributed by atoms with E-state index in [1.165, 1.54) is 13.0 Å². The van der Waals surface area contributed by atoms with Gasteiger partial charge >= 0.3 is 0 Å². The Balaban J connectivity index is 3.37. The number of nitrogen functional groups attached to an aromatic ring is 1. The summed E-state index contributed by atoms with van der Waals surface area (Å²) in [4.78, 5) is 10.9. The number of hydrogen-bond donors (Lipinski definition) is 1. The molecular weight excluding hydrogens is 181 g/mol. The number of benzene rings is 1. The highest BCUT2D eigenvalue weighted by Crippen LogP contribution is 2.23. The van der Waals surface area contributed by atoms with E-state index in [-0.39, 0.29) is 22.1 Å². The Hall–Kier alpha value is -1.09. The fourth-order valence-corrected chi connectivity index (χ4v) is 1.11. The summed E-state index contributed by atoms with van der Waals surface area (Å²) in [7, 11) is 0. The third-order valence-corrected chi connectivity index (χ3v) is 1.81. The zero-order valence-corrected chi connectivity index (χ0v) is 7.15. The lowest BCUT2D eigenvalue weighted by Gasteiger charge is -2.02. The van der Waals surface area contributed by atoms with Crippen LogP contribution in [0.2, 0.25) is 5.02 Å². The van der Waals surface area contributed by atoms with E-state index < -0.39 is 5.82 Å². The normalized spacial score (nSPS) is 9.92. The third kappa shape index (κ3) is 1.56. The van der Waals surface area contributed by atoms with E-state index >= 15 is 0 Å². The van der Waals surface area contributed by atoms with Crippen molar-refractivity contribution in [1.82, 2.24) is 0 Å². The molecule has 0 radical (unpaired) electrons. The lowest BCUT2D eigenvalue weighted by Crippen LogP contribution is -1.98. The lowest BCUT2D eigenvalue weighted by atomic mass is 10.1. The van der Waals surface area contributed by atoms with Gasteiger partial charge in [-0.05, 0) is 19.1 Å². The second-order valence-electron chi connectivity index (χ2n) is 2.42. The molecule has 0 aliphatic heterocycles. The van der Waals surface area contributed by atoms with Gasteiger partial charge in [-0.2, -0.15) is 0 Å². The minimum Gasteiger partial charge on any atom is -0.399 e. The zero-order chi connectivity index (χ0) is 9.30. The van der Waals surface area contributed by atoms with Crippen molar-refractivity contribution in [3.05, 3.63) is 28.5 Å². The Morgan fingerprint density at radius 1 is 1.58 bits per heavy atom. The molecule has 12 heavy (non-hydrogen) atoms. The van der Waals surface area contributed by atoms with Gasteiger partial charge in [0.2, 0.25) is 0 Å². The minimum atomic E-state index is -0.665. The van der Waals surface area contributed by atoms with Crippen LogP contribution in [0, 0.1) is 5.82 Å². The molecule has 1 aromatic rings.